The number of hydrogen-bond acceptors (Lipinski definition) is 2. The summed E-state index contributed by atoms with van der Waals surface area (Å²) in [6, 6.07) is 7.11. The molecule has 3 rings (SSSR count). The lowest BCUT2D eigenvalue weighted by Gasteiger charge is -2.33. The normalized spacial score (nSPS) is 27.1. The van der Waals surface area contributed by atoms with Crippen LogP contribution in [-0.2, 0) is 12.8 Å². The SMILES string of the molecule is NC1CCC1CCc1ccc2c(c1)CCO2. The van der Waals surface area contributed by atoms with Crippen molar-refractivity contribution in [2.24, 2.45) is 11.7 Å². The van der Waals surface area contributed by atoms with Crippen molar-refractivity contribution in [3.8, 4) is 5.75 Å². The smallest absolute Gasteiger partial charge is 0.122 e. The lowest BCUT2D eigenvalue weighted by molar-refractivity contribution is 0.241. The van der Waals surface area contributed by atoms with Crippen molar-refractivity contribution in [3.05, 3.63) is 29.3 Å². The molecule has 2 aliphatic rings. The highest BCUT2D eigenvalue weighted by Gasteiger charge is 2.26. The van der Waals surface area contributed by atoms with E-state index in [1.165, 1.54) is 36.8 Å². The number of hydrogen-bond donors (Lipinski definition) is 1. The summed E-state index contributed by atoms with van der Waals surface area (Å²) in [5, 5.41) is 0. The molecular weight excluding hydrogens is 198 g/mol. The van der Waals surface area contributed by atoms with Gasteiger partial charge in [0.05, 0.1) is 6.61 Å². The second kappa shape index (κ2) is 4.10. The summed E-state index contributed by atoms with van der Waals surface area (Å²) >= 11 is 0. The van der Waals surface area contributed by atoms with E-state index in [0.29, 0.717) is 6.04 Å². The Labute approximate surface area is 96.8 Å². The van der Waals surface area contributed by atoms with E-state index < -0.39 is 0 Å². The Morgan fingerprint density at radius 3 is 3.00 bits per heavy atom. The number of ether oxygens (including phenoxy) is 1. The molecule has 1 saturated carbocycles. The fourth-order valence-electron chi connectivity index (χ4n) is 2.70. The second-order valence-corrected chi connectivity index (χ2v) is 5.08. The summed E-state index contributed by atoms with van der Waals surface area (Å²) in [6.45, 7) is 0.853. The summed E-state index contributed by atoms with van der Waals surface area (Å²) in [4.78, 5) is 0. The van der Waals surface area contributed by atoms with Crippen molar-refractivity contribution in [2.45, 2.75) is 38.1 Å². The van der Waals surface area contributed by atoms with Gasteiger partial charge >= 0.3 is 0 Å². The molecular formula is C14H19NO. The van der Waals surface area contributed by atoms with Crippen molar-refractivity contribution in [2.75, 3.05) is 6.61 Å². The lowest BCUT2D eigenvalue weighted by atomic mass is 9.77. The molecule has 86 valence electrons. The number of aryl methyl sites for hydroxylation is 1. The minimum absolute atomic E-state index is 0.470. The topological polar surface area (TPSA) is 35.2 Å². The Bertz CT molecular complexity index is 388. The van der Waals surface area contributed by atoms with Crippen LogP contribution in [-0.4, -0.2) is 12.6 Å². The van der Waals surface area contributed by atoms with Gasteiger partial charge in [-0.3, -0.25) is 0 Å². The van der Waals surface area contributed by atoms with Crippen molar-refractivity contribution in [1.82, 2.24) is 0 Å². The zero-order valence-corrected chi connectivity index (χ0v) is 9.61. The van der Waals surface area contributed by atoms with Gasteiger partial charge < -0.3 is 10.5 Å². The molecule has 2 nitrogen and oxygen atoms in total. The maximum atomic E-state index is 5.96. The van der Waals surface area contributed by atoms with Crippen LogP contribution in [0.3, 0.4) is 0 Å². The molecule has 0 amide bonds. The number of rotatable bonds is 3. The molecule has 0 saturated heterocycles. The van der Waals surface area contributed by atoms with E-state index >= 15 is 0 Å². The monoisotopic (exact) mass is 217 g/mol. The van der Waals surface area contributed by atoms with Crippen LogP contribution < -0.4 is 10.5 Å². The highest BCUT2D eigenvalue weighted by atomic mass is 16.5. The van der Waals surface area contributed by atoms with Gasteiger partial charge in [-0.2, -0.15) is 0 Å². The predicted octanol–water partition coefficient (Wildman–Crippen LogP) is 2.29. The average molecular weight is 217 g/mol. The minimum atomic E-state index is 0.470. The molecule has 1 aliphatic carbocycles. The Morgan fingerprint density at radius 2 is 2.25 bits per heavy atom. The van der Waals surface area contributed by atoms with E-state index in [-0.39, 0.29) is 0 Å². The van der Waals surface area contributed by atoms with Gasteiger partial charge in [-0.25, -0.2) is 0 Å². The molecule has 2 N–H and O–H groups in total. The van der Waals surface area contributed by atoms with E-state index in [0.717, 1.165) is 24.7 Å². The van der Waals surface area contributed by atoms with E-state index in [2.05, 4.69) is 18.2 Å². The van der Waals surface area contributed by atoms with Crippen LogP contribution in [0.2, 0.25) is 0 Å². The highest BCUT2D eigenvalue weighted by molar-refractivity contribution is 5.39. The Balaban J connectivity index is 1.62. The zero-order valence-electron chi connectivity index (χ0n) is 9.61. The molecule has 16 heavy (non-hydrogen) atoms. The minimum Gasteiger partial charge on any atom is -0.493 e. The summed E-state index contributed by atoms with van der Waals surface area (Å²) < 4.78 is 5.51. The molecule has 0 spiro atoms. The average Bonchev–Trinajstić information content (AvgIpc) is 2.74. The third-order valence-corrected chi connectivity index (χ3v) is 4.03. The first-order chi connectivity index (χ1) is 7.83. The quantitative estimate of drug-likeness (QED) is 0.843. The molecule has 0 radical (unpaired) electrons. The first-order valence-corrected chi connectivity index (χ1v) is 6.33. The summed E-state index contributed by atoms with van der Waals surface area (Å²) in [5.41, 5.74) is 8.79. The number of fused-ring (bicyclic) bond motifs is 1. The first kappa shape index (κ1) is 10.2. The maximum Gasteiger partial charge on any atom is 0.122 e. The van der Waals surface area contributed by atoms with Crippen molar-refractivity contribution in [1.29, 1.82) is 0 Å². The Kier molecular flexibility index (Phi) is 2.60. The molecule has 1 aliphatic heterocycles. The summed E-state index contributed by atoms with van der Waals surface area (Å²) in [5.74, 6) is 1.86. The molecule has 1 heterocycles. The number of nitrogens with two attached hydrogens (primary N) is 1. The molecule has 0 aromatic heterocycles. The fraction of sp³-hybridized carbons (Fsp3) is 0.571. The molecule has 2 atom stereocenters. The molecule has 2 heteroatoms. The van der Waals surface area contributed by atoms with E-state index in [9.17, 15) is 0 Å². The van der Waals surface area contributed by atoms with Crippen LogP contribution in [0.1, 0.15) is 30.4 Å². The standard InChI is InChI=1S/C14H19NO/c15-13-5-4-11(13)3-1-10-2-6-14-12(9-10)7-8-16-14/h2,6,9,11,13H,1,3-5,7-8,15H2. The largest absolute Gasteiger partial charge is 0.493 e. The fourth-order valence-corrected chi connectivity index (χ4v) is 2.70. The van der Waals surface area contributed by atoms with Crippen LogP contribution in [0.15, 0.2) is 18.2 Å². The van der Waals surface area contributed by atoms with Gasteiger partial charge in [0.15, 0.2) is 0 Å². The predicted molar refractivity (Wildman–Crippen MR) is 64.7 cm³/mol. The third kappa shape index (κ3) is 1.82. The second-order valence-electron chi connectivity index (χ2n) is 5.08. The van der Waals surface area contributed by atoms with Gasteiger partial charge in [-0.05, 0) is 48.8 Å². The van der Waals surface area contributed by atoms with Crippen LogP contribution in [0.25, 0.3) is 0 Å². The molecule has 1 fully saturated rings. The van der Waals surface area contributed by atoms with Gasteiger partial charge in [-0.1, -0.05) is 12.1 Å². The van der Waals surface area contributed by atoms with Crippen LogP contribution in [0.4, 0.5) is 0 Å². The molecule has 1 aromatic rings. The lowest BCUT2D eigenvalue weighted by Crippen LogP contribution is -2.39. The van der Waals surface area contributed by atoms with Gasteiger partial charge in [0.1, 0.15) is 5.75 Å². The third-order valence-electron chi connectivity index (χ3n) is 4.03. The van der Waals surface area contributed by atoms with Gasteiger partial charge in [0.2, 0.25) is 0 Å². The van der Waals surface area contributed by atoms with E-state index in [1.54, 1.807) is 0 Å². The highest BCUT2D eigenvalue weighted by Crippen LogP contribution is 2.31. The molecule has 0 bridgehead atoms. The van der Waals surface area contributed by atoms with Crippen molar-refractivity contribution >= 4 is 0 Å². The van der Waals surface area contributed by atoms with Gasteiger partial charge in [0.25, 0.3) is 0 Å². The first-order valence-electron chi connectivity index (χ1n) is 6.33. The van der Waals surface area contributed by atoms with Crippen LogP contribution >= 0.6 is 0 Å². The van der Waals surface area contributed by atoms with Crippen LogP contribution in [0.5, 0.6) is 5.75 Å². The van der Waals surface area contributed by atoms with E-state index in [1.807, 2.05) is 0 Å². The molecule has 1 aromatic carbocycles. The zero-order chi connectivity index (χ0) is 11.0. The summed E-state index contributed by atoms with van der Waals surface area (Å²) in [6.07, 6.45) is 6.05. The maximum absolute atomic E-state index is 5.96. The van der Waals surface area contributed by atoms with Gasteiger partial charge in [-0.15, -0.1) is 0 Å². The van der Waals surface area contributed by atoms with Crippen molar-refractivity contribution < 1.29 is 4.74 Å². The Hall–Kier alpha value is -1.02. The number of benzene rings is 1. The Morgan fingerprint density at radius 1 is 1.31 bits per heavy atom. The van der Waals surface area contributed by atoms with Gasteiger partial charge in [0, 0.05) is 12.5 Å². The summed E-state index contributed by atoms with van der Waals surface area (Å²) in [7, 11) is 0. The molecule has 2 unspecified atom stereocenters. The van der Waals surface area contributed by atoms with Crippen LogP contribution in [0, 0.1) is 5.92 Å². The van der Waals surface area contributed by atoms with Crippen molar-refractivity contribution in [3.63, 3.8) is 0 Å². The van der Waals surface area contributed by atoms with E-state index in [4.69, 9.17) is 10.5 Å².